The fourth-order valence-corrected chi connectivity index (χ4v) is 1.37. The summed E-state index contributed by atoms with van der Waals surface area (Å²) in [7, 11) is 1.42. The van der Waals surface area contributed by atoms with Gasteiger partial charge >= 0.3 is 0 Å². The lowest BCUT2D eigenvalue weighted by Crippen LogP contribution is -2.45. The Morgan fingerprint density at radius 2 is 2.40 bits per heavy atom. The molecule has 1 rings (SSSR count). The number of carbonyl (C=O) groups is 1. The molecule has 0 heterocycles. The summed E-state index contributed by atoms with van der Waals surface area (Å²) in [5.41, 5.74) is 6.99. The average molecular weight is 234 g/mol. The fraction of sp³-hybridized carbons (Fsp3) is 0.375. The van der Waals surface area contributed by atoms with E-state index in [-0.39, 0.29) is 12.2 Å². The van der Waals surface area contributed by atoms with Crippen LogP contribution in [0.2, 0.25) is 0 Å². The lowest BCUT2D eigenvalue weighted by molar-refractivity contribution is -0.117. The van der Waals surface area contributed by atoms with Crippen molar-refractivity contribution in [3.8, 4) is 0 Å². The van der Waals surface area contributed by atoms with Gasteiger partial charge in [-0.15, -0.1) is 0 Å². The zero-order valence-electron chi connectivity index (χ0n) is 8.12. The van der Waals surface area contributed by atoms with E-state index < -0.39 is 11.6 Å². The number of amides is 1. The Bertz CT molecular complexity index is 329. The van der Waals surface area contributed by atoms with Gasteiger partial charge in [0, 0.05) is 19.1 Å². The standard InChI is InChI=1S/C8H12ClN3O3/c1-14-8(10)3-2-5(7(13)12-11)4-6(8)15-9/h2,4H,3,10-11H2,1H3,(H,12,13). The first-order valence-corrected chi connectivity index (χ1v) is 4.44. The molecule has 0 radical (unpaired) electrons. The van der Waals surface area contributed by atoms with Gasteiger partial charge in [-0.1, -0.05) is 6.08 Å². The molecule has 6 nitrogen and oxygen atoms in total. The highest BCUT2D eigenvalue weighted by molar-refractivity contribution is 6.08. The van der Waals surface area contributed by atoms with E-state index in [0.29, 0.717) is 5.57 Å². The molecular formula is C8H12ClN3O3. The number of carbonyl (C=O) groups excluding carboxylic acids is 1. The molecule has 0 spiro atoms. The van der Waals surface area contributed by atoms with Crippen molar-refractivity contribution in [2.75, 3.05) is 7.11 Å². The maximum atomic E-state index is 11.2. The first-order valence-electron chi connectivity index (χ1n) is 4.13. The number of rotatable bonds is 3. The van der Waals surface area contributed by atoms with E-state index in [0.717, 1.165) is 0 Å². The third kappa shape index (κ3) is 2.29. The van der Waals surface area contributed by atoms with E-state index in [2.05, 4.69) is 4.29 Å². The van der Waals surface area contributed by atoms with Crippen LogP contribution in [0.25, 0.3) is 0 Å². The summed E-state index contributed by atoms with van der Waals surface area (Å²) in [6.45, 7) is 0. The highest BCUT2D eigenvalue weighted by atomic mass is 35.5. The van der Waals surface area contributed by atoms with Crippen molar-refractivity contribution in [1.82, 2.24) is 5.43 Å². The highest BCUT2D eigenvalue weighted by Crippen LogP contribution is 2.28. The second-order valence-electron chi connectivity index (χ2n) is 3.02. The Labute approximate surface area is 92.0 Å². The SMILES string of the molecule is COC1(N)CC=C(C(=O)NN)C=C1OCl. The molecule has 5 N–H and O–H groups in total. The smallest absolute Gasteiger partial charge is 0.264 e. The fourth-order valence-electron chi connectivity index (χ4n) is 1.20. The Morgan fingerprint density at radius 3 is 2.87 bits per heavy atom. The van der Waals surface area contributed by atoms with Crippen molar-refractivity contribution >= 4 is 17.8 Å². The van der Waals surface area contributed by atoms with Crippen molar-refractivity contribution < 1.29 is 13.8 Å². The lowest BCUT2D eigenvalue weighted by Gasteiger charge is -2.29. The van der Waals surface area contributed by atoms with Crippen molar-refractivity contribution in [1.29, 1.82) is 0 Å². The summed E-state index contributed by atoms with van der Waals surface area (Å²) in [6.07, 6.45) is 3.23. The number of hydrogen-bond acceptors (Lipinski definition) is 5. The van der Waals surface area contributed by atoms with Gasteiger partial charge in [0.2, 0.25) is 0 Å². The Balaban J connectivity index is 2.96. The van der Waals surface area contributed by atoms with Gasteiger partial charge in [0.1, 0.15) is 11.9 Å². The minimum atomic E-state index is -1.14. The molecule has 0 bridgehead atoms. The van der Waals surface area contributed by atoms with Crippen LogP contribution in [-0.4, -0.2) is 18.7 Å². The van der Waals surface area contributed by atoms with Crippen molar-refractivity contribution in [3.63, 3.8) is 0 Å². The predicted octanol–water partition coefficient (Wildman–Crippen LogP) is -0.338. The minimum Gasteiger partial charge on any atom is -0.385 e. The maximum Gasteiger partial charge on any atom is 0.264 e. The number of ether oxygens (including phenoxy) is 1. The molecule has 7 heteroatoms. The molecule has 0 saturated heterocycles. The zero-order valence-corrected chi connectivity index (χ0v) is 8.88. The summed E-state index contributed by atoms with van der Waals surface area (Å²) in [5.74, 6) is 4.70. The van der Waals surface area contributed by atoms with E-state index in [1.807, 2.05) is 5.43 Å². The van der Waals surface area contributed by atoms with Gasteiger partial charge < -0.3 is 9.03 Å². The third-order valence-corrected chi connectivity index (χ3v) is 2.34. The second-order valence-corrected chi connectivity index (χ2v) is 3.17. The zero-order chi connectivity index (χ0) is 11.5. The molecule has 84 valence electrons. The van der Waals surface area contributed by atoms with Gasteiger partial charge in [-0.25, -0.2) is 5.84 Å². The van der Waals surface area contributed by atoms with E-state index in [1.165, 1.54) is 13.2 Å². The Kier molecular flexibility index (Phi) is 3.70. The van der Waals surface area contributed by atoms with Crippen LogP contribution in [0, 0.1) is 0 Å². The number of halogens is 1. The minimum absolute atomic E-state index is 0.160. The van der Waals surface area contributed by atoms with Crippen LogP contribution >= 0.6 is 11.9 Å². The third-order valence-electron chi connectivity index (χ3n) is 2.17. The maximum absolute atomic E-state index is 11.2. The van der Waals surface area contributed by atoms with Crippen molar-refractivity contribution in [2.24, 2.45) is 11.6 Å². The van der Waals surface area contributed by atoms with Gasteiger partial charge in [-0.3, -0.25) is 16.0 Å². The topological polar surface area (TPSA) is 99.6 Å². The lowest BCUT2D eigenvalue weighted by atomic mass is 9.98. The highest BCUT2D eigenvalue weighted by Gasteiger charge is 2.34. The summed E-state index contributed by atoms with van der Waals surface area (Å²) in [4.78, 5) is 11.2. The molecule has 1 atom stereocenters. The van der Waals surface area contributed by atoms with Crippen LogP contribution in [0.1, 0.15) is 6.42 Å². The second kappa shape index (κ2) is 4.63. The molecule has 15 heavy (non-hydrogen) atoms. The Morgan fingerprint density at radius 1 is 1.73 bits per heavy atom. The van der Waals surface area contributed by atoms with Crippen LogP contribution < -0.4 is 17.0 Å². The van der Waals surface area contributed by atoms with Crippen LogP contribution in [-0.2, 0) is 13.8 Å². The summed E-state index contributed by atoms with van der Waals surface area (Å²) in [6, 6.07) is 0. The van der Waals surface area contributed by atoms with Crippen LogP contribution in [0.5, 0.6) is 0 Å². The van der Waals surface area contributed by atoms with E-state index >= 15 is 0 Å². The largest absolute Gasteiger partial charge is 0.385 e. The normalized spacial score (nSPS) is 25.3. The van der Waals surface area contributed by atoms with Gasteiger partial charge in [0.15, 0.2) is 11.5 Å². The van der Waals surface area contributed by atoms with Crippen molar-refractivity contribution in [2.45, 2.75) is 12.1 Å². The van der Waals surface area contributed by atoms with Gasteiger partial charge in [0.25, 0.3) is 5.91 Å². The number of hydrogen-bond donors (Lipinski definition) is 3. The van der Waals surface area contributed by atoms with Gasteiger partial charge in [-0.05, 0) is 6.08 Å². The van der Waals surface area contributed by atoms with Crippen molar-refractivity contribution in [3.05, 3.63) is 23.5 Å². The van der Waals surface area contributed by atoms with E-state index in [9.17, 15) is 4.79 Å². The number of hydrazine groups is 1. The van der Waals surface area contributed by atoms with Crippen LogP contribution in [0.4, 0.5) is 0 Å². The van der Waals surface area contributed by atoms with E-state index in [1.54, 1.807) is 6.08 Å². The average Bonchev–Trinajstić information content (AvgIpc) is 2.28. The van der Waals surface area contributed by atoms with Gasteiger partial charge in [-0.2, -0.15) is 0 Å². The summed E-state index contributed by atoms with van der Waals surface area (Å²) in [5, 5.41) is 0. The summed E-state index contributed by atoms with van der Waals surface area (Å²) >= 11 is 5.24. The quantitative estimate of drug-likeness (QED) is 0.268. The molecule has 0 saturated carbocycles. The molecule has 0 aromatic heterocycles. The molecule has 0 aliphatic heterocycles. The predicted molar refractivity (Wildman–Crippen MR) is 54.0 cm³/mol. The first-order chi connectivity index (χ1) is 7.07. The molecular weight excluding hydrogens is 222 g/mol. The number of nitrogens with two attached hydrogens (primary N) is 2. The Hall–Kier alpha value is -1.08. The van der Waals surface area contributed by atoms with Crippen LogP contribution in [0.15, 0.2) is 23.5 Å². The van der Waals surface area contributed by atoms with Gasteiger partial charge in [0.05, 0.1) is 0 Å². The molecule has 0 fully saturated rings. The molecule has 0 aromatic rings. The number of methoxy groups -OCH3 is 1. The summed E-state index contributed by atoms with van der Waals surface area (Å²) < 4.78 is 9.58. The molecule has 1 amide bonds. The molecule has 0 aromatic carbocycles. The monoisotopic (exact) mass is 233 g/mol. The van der Waals surface area contributed by atoms with Crippen LogP contribution in [0.3, 0.4) is 0 Å². The number of nitrogens with one attached hydrogen (secondary N) is 1. The molecule has 1 aliphatic rings. The first kappa shape index (κ1) is 12.0. The molecule has 1 unspecified atom stereocenters. The van der Waals surface area contributed by atoms with E-state index in [4.69, 9.17) is 28.2 Å². The molecule has 1 aliphatic carbocycles.